The van der Waals surface area contributed by atoms with Gasteiger partial charge >= 0.3 is 0 Å². The normalized spacial score (nSPS) is 13.4. The van der Waals surface area contributed by atoms with Gasteiger partial charge in [-0.2, -0.15) is 0 Å². The third kappa shape index (κ3) is 6.17. The molecule has 0 aromatic heterocycles. The van der Waals surface area contributed by atoms with Gasteiger partial charge in [0.2, 0.25) is 17.7 Å². The van der Waals surface area contributed by atoms with Crippen LogP contribution in [0.15, 0.2) is 84.9 Å². The van der Waals surface area contributed by atoms with Gasteiger partial charge in [-0.1, -0.05) is 74.5 Å². The quantitative estimate of drug-likeness (QED) is 0.444. The average Bonchev–Trinajstić information content (AvgIpc) is 3.31. The van der Waals surface area contributed by atoms with E-state index in [2.05, 4.69) is 0 Å². The molecule has 3 amide bonds. The summed E-state index contributed by atoms with van der Waals surface area (Å²) < 4.78 is 5.19. The highest BCUT2D eigenvalue weighted by atomic mass is 16.5. The maximum absolute atomic E-state index is 14.0. The average molecular weight is 500 g/mol. The fourth-order valence-electron chi connectivity index (χ4n) is 4.59. The monoisotopic (exact) mass is 499 g/mol. The summed E-state index contributed by atoms with van der Waals surface area (Å²) in [4.78, 5) is 44.9. The van der Waals surface area contributed by atoms with Gasteiger partial charge in [0.25, 0.3) is 0 Å². The lowest BCUT2D eigenvalue weighted by Crippen LogP contribution is -2.45. The number of hydrogen-bond donors (Lipinski definition) is 0. The van der Waals surface area contributed by atoms with Crippen molar-refractivity contribution in [3.05, 3.63) is 96.1 Å². The SMILES string of the molecule is COc1ccc(N2CN(C(=O)CN(CC(C)C)C(=O)C(c3ccccc3)c3ccccc3)CC2=O)cc1. The number of nitrogens with zero attached hydrogens (tertiary/aromatic N) is 3. The molecule has 0 spiro atoms. The molecule has 0 atom stereocenters. The third-order valence-corrected chi connectivity index (χ3v) is 6.41. The highest BCUT2D eigenvalue weighted by molar-refractivity contribution is 6.00. The van der Waals surface area contributed by atoms with Crippen molar-refractivity contribution in [2.75, 3.05) is 38.3 Å². The Morgan fingerprint density at radius 2 is 1.46 bits per heavy atom. The van der Waals surface area contributed by atoms with Crippen LogP contribution in [0.2, 0.25) is 0 Å². The van der Waals surface area contributed by atoms with Crippen molar-refractivity contribution in [2.24, 2.45) is 5.92 Å². The summed E-state index contributed by atoms with van der Waals surface area (Å²) in [5, 5.41) is 0. The molecule has 1 heterocycles. The molecule has 0 N–H and O–H groups in total. The summed E-state index contributed by atoms with van der Waals surface area (Å²) in [6.45, 7) is 4.52. The molecule has 7 heteroatoms. The van der Waals surface area contributed by atoms with Crippen molar-refractivity contribution in [1.82, 2.24) is 9.80 Å². The van der Waals surface area contributed by atoms with Gasteiger partial charge in [0, 0.05) is 12.2 Å². The molecule has 0 aliphatic carbocycles. The molecular formula is C30H33N3O4. The molecule has 0 unspecified atom stereocenters. The Kier molecular flexibility index (Phi) is 8.23. The molecule has 0 saturated carbocycles. The predicted octanol–water partition coefficient (Wildman–Crippen LogP) is 4.14. The molecule has 0 bridgehead atoms. The minimum atomic E-state index is -0.523. The number of benzene rings is 3. The second kappa shape index (κ2) is 11.7. The van der Waals surface area contributed by atoms with Crippen molar-refractivity contribution in [1.29, 1.82) is 0 Å². The molecule has 3 aromatic carbocycles. The Balaban J connectivity index is 1.54. The molecule has 192 valence electrons. The van der Waals surface area contributed by atoms with Crippen molar-refractivity contribution >= 4 is 23.4 Å². The van der Waals surface area contributed by atoms with Crippen LogP contribution in [0.5, 0.6) is 5.75 Å². The molecule has 7 nitrogen and oxygen atoms in total. The molecule has 0 radical (unpaired) electrons. The van der Waals surface area contributed by atoms with Crippen molar-refractivity contribution in [3.8, 4) is 5.75 Å². The highest BCUT2D eigenvalue weighted by Gasteiger charge is 2.35. The van der Waals surface area contributed by atoms with Gasteiger partial charge in [-0.05, 0) is 41.3 Å². The van der Waals surface area contributed by atoms with Gasteiger partial charge in [-0.15, -0.1) is 0 Å². The van der Waals surface area contributed by atoms with Crippen LogP contribution in [0.25, 0.3) is 0 Å². The summed E-state index contributed by atoms with van der Waals surface area (Å²) in [5.74, 6) is -0.204. The number of amides is 3. The molecule has 3 aromatic rings. The number of carbonyl (C=O) groups is 3. The molecule has 37 heavy (non-hydrogen) atoms. The van der Waals surface area contributed by atoms with Crippen LogP contribution >= 0.6 is 0 Å². The summed E-state index contributed by atoms with van der Waals surface area (Å²) in [6.07, 6.45) is 0. The smallest absolute Gasteiger partial charge is 0.248 e. The van der Waals surface area contributed by atoms with Gasteiger partial charge in [0.1, 0.15) is 19.0 Å². The van der Waals surface area contributed by atoms with Crippen LogP contribution in [0.1, 0.15) is 30.9 Å². The van der Waals surface area contributed by atoms with Crippen molar-refractivity contribution < 1.29 is 19.1 Å². The van der Waals surface area contributed by atoms with E-state index in [1.165, 1.54) is 4.90 Å². The van der Waals surface area contributed by atoms with Gasteiger partial charge in [0.05, 0.1) is 19.6 Å². The second-order valence-electron chi connectivity index (χ2n) is 9.62. The van der Waals surface area contributed by atoms with Crippen molar-refractivity contribution in [2.45, 2.75) is 19.8 Å². The first-order chi connectivity index (χ1) is 17.9. The third-order valence-electron chi connectivity index (χ3n) is 6.41. The summed E-state index contributed by atoms with van der Waals surface area (Å²) in [7, 11) is 1.58. The molecule has 1 aliphatic heterocycles. The lowest BCUT2D eigenvalue weighted by Gasteiger charge is -2.30. The van der Waals surface area contributed by atoms with E-state index in [-0.39, 0.29) is 43.4 Å². The number of rotatable bonds is 9. The standard InChI is InChI=1S/C30H33N3O4/c1-22(2)18-31(30(36)29(23-10-6-4-7-11-23)24-12-8-5-9-13-24)19-27(34)32-20-28(35)33(21-32)25-14-16-26(37-3)17-15-25/h4-17,22,29H,18-21H2,1-3H3. The molecule has 1 fully saturated rings. The van der Waals surface area contributed by atoms with E-state index in [0.717, 1.165) is 11.1 Å². The van der Waals surface area contributed by atoms with Crippen molar-refractivity contribution in [3.63, 3.8) is 0 Å². The minimum Gasteiger partial charge on any atom is -0.497 e. The van der Waals surface area contributed by atoms with Crippen LogP contribution in [0.3, 0.4) is 0 Å². The molecule has 4 rings (SSSR count). The summed E-state index contributed by atoms with van der Waals surface area (Å²) in [6, 6.07) is 26.4. The van der Waals surface area contributed by atoms with Crippen LogP contribution in [-0.2, 0) is 14.4 Å². The van der Waals surface area contributed by atoms with Gasteiger partial charge in [0.15, 0.2) is 0 Å². The second-order valence-corrected chi connectivity index (χ2v) is 9.62. The first kappa shape index (κ1) is 25.9. The minimum absolute atomic E-state index is 0.0185. The number of methoxy groups -OCH3 is 1. The first-order valence-corrected chi connectivity index (χ1v) is 12.5. The van der Waals surface area contributed by atoms with E-state index in [1.54, 1.807) is 41.2 Å². The fourth-order valence-corrected chi connectivity index (χ4v) is 4.59. The zero-order valence-electron chi connectivity index (χ0n) is 21.5. The lowest BCUT2D eigenvalue weighted by molar-refractivity contribution is -0.141. The summed E-state index contributed by atoms with van der Waals surface area (Å²) >= 11 is 0. The largest absolute Gasteiger partial charge is 0.497 e. The van der Waals surface area contributed by atoms with Crippen LogP contribution < -0.4 is 9.64 Å². The van der Waals surface area contributed by atoms with Gasteiger partial charge < -0.3 is 14.5 Å². The zero-order chi connectivity index (χ0) is 26.4. The van der Waals surface area contributed by atoms with Crippen LogP contribution in [-0.4, -0.2) is 60.9 Å². The number of hydrogen-bond acceptors (Lipinski definition) is 4. The van der Waals surface area contributed by atoms with E-state index in [9.17, 15) is 14.4 Å². The van der Waals surface area contributed by atoms with E-state index in [1.807, 2.05) is 74.5 Å². The highest BCUT2D eigenvalue weighted by Crippen LogP contribution is 2.28. The zero-order valence-corrected chi connectivity index (χ0v) is 21.5. The maximum Gasteiger partial charge on any atom is 0.248 e. The fraction of sp³-hybridized carbons (Fsp3) is 0.300. The van der Waals surface area contributed by atoms with E-state index < -0.39 is 5.92 Å². The Morgan fingerprint density at radius 1 is 0.892 bits per heavy atom. The number of carbonyl (C=O) groups excluding carboxylic acids is 3. The Hall–Kier alpha value is -4.13. The van der Waals surface area contributed by atoms with E-state index in [0.29, 0.717) is 18.0 Å². The maximum atomic E-state index is 14.0. The Bertz CT molecular complexity index is 1170. The topological polar surface area (TPSA) is 70.2 Å². The predicted molar refractivity (Wildman–Crippen MR) is 143 cm³/mol. The van der Waals surface area contributed by atoms with Crippen LogP contribution in [0.4, 0.5) is 5.69 Å². The molecule has 1 saturated heterocycles. The van der Waals surface area contributed by atoms with E-state index in [4.69, 9.17) is 4.74 Å². The first-order valence-electron chi connectivity index (χ1n) is 12.5. The Morgan fingerprint density at radius 3 is 1.97 bits per heavy atom. The summed E-state index contributed by atoms with van der Waals surface area (Å²) in [5.41, 5.74) is 2.45. The lowest BCUT2D eigenvalue weighted by atomic mass is 9.89. The Labute approximate surface area is 218 Å². The molecular weight excluding hydrogens is 466 g/mol. The van der Waals surface area contributed by atoms with E-state index >= 15 is 0 Å². The van der Waals surface area contributed by atoms with Crippen LogP contribution in [0, 0.1) is 5.92 Å². The van der Waals surface area contributed by atoms with Gasteiger partial charge in [-0.25, -0.2) is 0 Å². The number of ether oxygens (including phenoxy) is 1. The molecule has 1 aliphatic rings. The van der Waals surface area contributed by atoms with Gasteiger partial charge in [-0.3, -0.25) is 19.3 Å². The number of anilines is 1.